The van der Waals surface area contributed by atoms with Gasteiger partial charge in [-0.2, -0.15) is 5.10 Å². The number of pyridine rings is 1. The van der Waals surface area contributed by atoms with Crippen molar-refractivity contribution < 1.29 is 4.79 Å². The average molecular weight is 363 g/mol. The molecule has 2 aromatic heterocycles. The Hall–Kier alpha value is -3.15. The molecule has 1 amide bonds. The highest BCUT2D eigenvalue weighted by atomic mass is 16.1. The van der Waals surface area contributed by atoms with E-state index in [1.54, 1.807) is 12.4 Å². The minimum Gasteiger partial charge on any atom is -0.381 e. The molecule has 3 rings (SSSR count). The van der Waals surface area contributed by atoms with Crippen molar-refractivity contribution in [3.05, 3.63) is 71.8 Å². The third-order valence-corrected chi connectivity index (χ3v) is 4.23. The van der Waals surface area contributed by atoms with Crippen molar-refractivity contribution in [3.63, 3.8) is 0 Å². The molecule has 6 nitrogen and oxygen atoms in total. The Balaban J connectivity index is 1.60. The van der Waals surface area contributed by atoms with E-state index in [4.69, 9.17) is 0 Å². The Bertz CT molecular complexity index is 885. The van der Waals surface area contributed by atoms with E-state index in [0.29, 0.717) is 24.6 Å². The van der Waals surface area contributed by atoms with Crippen LogP contribution in [0.3, 0.4) is 0 Å². The Labute approximate surface area is 159 Å². The first-order valence-electron chi connectivity index (χ1n) is 9.10. The van der Waals surface area contributed by atoms with E-state index in [9.17, 15) is 4.79 Å². The molecule has 0 fully saturated rings. The Morgan fingerprint density at radius 2 is 1.81 bits per heavy atom. The van der Waals surface area contributed by atoms with Crippen molar-refractivity contribution in [2.75, 3.05) is 11.9 Å². The molecule has 0 radical (unpaired) electrons. The van der Waals surface area contributed by atoms with Gasteiger partial charge in [0, 0.05) is 48.5 Å². The van der Waals surface area contributed by atoms with Crippen LogP contribution in [0.25, 0.3) is 5.69 Å². The van der Waals surface area contributed by atoms with Crippen molar-refractivity contribution in [1.29, 1.82) is 0 Å². The highest BCUT2D eigenvalue weighted by Gasteiger charge is 2.08. The van der Waals surface area contributed by atoms with Gasteiger partial charge in [-0.25, -0.2) is 4.68 Å². The second kappa shape index (κ2) is 8.49. The van der Waals surface area contributed by atoms with Gasteiger partial charge in [-0.3, -0.25) is 9.78 Å². The van der Waals surface area contributed by atoms with Crippen molar-refractivity contribution in [3.8, 4) is 5.69 Å². The fraction of sp³-hybridized carbons (Fsp3) is 0.286. The topological polar surface area (TPSA) is 71.8 Å². The number of nitrogens with zero attached hydrogens (tertiary/aromatic N) is 3. The molecular formula is C21H25N5O. The van der Waals surface area contributed by atoms with Gasteiger partial charge in [0.1, 0.15) is 0 Å². The van der Waals surface area contributed by atoms with Crippen LogP contribution in [-0.2, 0) is 6.54 Å². The summed E-state index contributed by atoms with van der Waals surface area (Å²) < 4.78 is 1.86. The van der Waals surface area contributed by atoms with Crippen LogP contribution in [0, 0.1) is 12.8 Å². The number of hydrogen-bond acceptors (Lipinski definition) is 4. The fourth-order valence-corrected chi connectivity index (χ4v) is 2.63. The molecule has 0 unspecified atom stereocenters. The van der Waals surface area contributed by atoms with Crippen LogP contribution in [-0.4, -0.2) is 27.2 Å². The molecule has 0 bridgehead atoms. The predicted molar refractivity (Wildman–Crippen MR) is 107 cm³/mol. The second-order valence-electron chi connectivity index (χ2n) is 6.92. The summed E-state index contributed by atoms with van der Waals surface area (Å²) in [7, 11) is 0. The molecule has 140 valence electrons. The van der Waals surface area contributed by atoms with Crippen LogP contribution in [0.1, 0.15) is 35.5 Å². The van der Waals surface area contributed by atoms with Crippen molar-refractivity contribution >= 4 is 11.6 Å². The first-order chi connectivity index (χ1) is 13.0. The molecule has 0 spiro atoms. The normalized spacial score (nSPS) is 10.8. The van der Waals surface area contributed by atoms with Gasteiger partial charge in [0.15, 0.2) is 0 Å². The maximum atomic E-state index is 12.1. The monoisotopic (exact) mass is 363 g/mol. The van der Waals surface area contributed by atoms with Gasteiger partial charge < -0.3 is 10.6 Å². The minimum absolute atomic E-state index is 0.0373. The Kier molecular flexibility index (Phi) is 5.86. The van der Waals surface area contributed by atoms with Crippen LogP contribution in [0.2, 0.25) is 0 Å². The molecular weight excluding hydrogens is 338 g/mol. The molecule has 0 aliphatic rings. The lowest BCUT2D eigenvalue weighted by Crippen LogP contribution is -2.27. The number of rotatable bonds is 7. The largest absolute Gasteiger partial charge is 0.381 e. The van der Waals surface area contributed by atoms with E-state index in [2.05, 4.69) is 34.6 Å². The quantitative estimate of drug-likeness (QED) is 0.673. The highest BCUT2D eigenvalue weighted by molar-refractivity contribution is 5.94. The van der Waals surface area contributed by atoms with Crippen molar-refractivity contribution in [2.45, 2.75) is 27.3 Å². The Morgan fingerprint density at radius 1 is 1.11 bits per heavy atom. The lowest BCUT2D eigenvalue weighted by atomic mass is 10.1. The number of carbonyl (C=O) groups excluding carboxylic acids is 1. The van der Waals surface area contributed by atoms with Crippen LogP contribution in [0.15, 0.2) is 55.0 Å². The van der Waals surface area contributed by atoms with Crippen LogP contribution < -0.4 is 10.6 Å². The Morgan fingerprint density at radius 3 is 2.48 bits per heavy atom. The average Bonchev–Trinajstić information content (AvgIpc) is 3.06. The maximum absolute atomic E-state index is 12.1. The summed E-state index contributed by atoms with van der Waals surface area (Å²) in [5.74, 6) is 0.399. The molecule has 0 atom stereocenters. The van der Waals surface area contributed by atoms with Crippen molar-refractivity contribution in [1.82, 2.24) is 20.1 Å². The summed E-state index contributed by atoms with van der Waals surface area (Å²) in [6.45, 7) is 7.49. The van der Waals surface area contributed by atoms with Crippen molar-refractivity contribution in [2.24, 2.45) is 5.92 Å². The molecule has 1 aromatic carbocycles. The second-order valence-corrected chi connectivity index (χ2v) is 6.92. The summed E-state index contributed by atoms with van der Waals surface area (Å²) in [5, 5.41) is 10.9. The minimum atomic E-state index is -0.0373. The molecule has 2 heterocycles. The van der Waals surface area contributed by atoms with E-state index >= 15 is 0 Å². The van der Waals surface area contributed by atoms with Gasteiger partial charge in [-0.05, 0) is 49.2 Å². The van der Waals surface area contributed by atoms with Gasteiger partial charge >= 0.3 is 0 Å². The van der Waals surface area contributed by atoms with Crippen LogP contribution in [0.5, 0.6) is 0 Å². The molecule has 0 saturated heterocycles. The lowest BCUT2D eigenvalue weighted by molar-refractivity contribution is 0.0949. The summed E-state index contributed by atoms with van der Waals surface area (Å²) in [5.41, 5.74) is 4.71. The lowest BCUT2D eigenvalue weighted by Gasteiger charge is -2.09. The van der Waals surface area contributed by atoms with Gasteiger partial charge in [-0.15, -0.1) is 0 Å². The first-order valence-corrected chi connectivity index (χ1v) is 9.10. The van der Waals surface area contributed by atoms with Gasteiger partial charge in [0.2, 0.25) is 0 Å². The zero-order valence-electron chi connectivity index (χ0n) is 15.9. The third kappa shape index (κ3) is 4.94. The fourth-order valence-electron chi connectivity index (χ4n) is 2.63. The molecule has 0 saturated carbocycles. The smallest absolute Gasteiger partial charge is 0.251 e. The first kappa shape index (κ1) is 18.6. The van der Waals surface area contributed by atoms with E-state index in [1.165, 1.54) is 0 Å². The number of benzene rings is 1. The highest BCUT2D eigenvalue weighted by Crippen LogP contribution is 2.15. The zero-order valence-corrected chi connectivity index (χ0v) is 15.9. The molecule has 27 heavy (non-hydrogen) atoms. The SMILES string of the molecule is Cc1nn(-c2ccncc2)cc1CNc1ccc(C(=O)NCC(C)C)cc1. The van der Waals surface area contributed by atoms with Crippen LogP contribution in [0.4, 0.5) is 5.69 Å². The van der Waals surface area contributed by atoms with Gasteiger partial charge in [0.25, 0.3) is 5.91 Å². The summed E-state index contributed by atoms with van der Waals surface area (Å²) in [6.07, 6.45) is 5.53. The van der Waals surface area contributed by atoms with Gasteiger partial charge in [0.05, 0.1) is 11.4 Å². The standard InChI is InChI=1S/C21H25N5O/c1-15(2)12-24-21(27)17-4-6-19(7-5-17)23-13-18-14-26(25-16(18)3)20-8-10-22-11-9-20/h4-11,14-15,23H,12-13H2,1-3H3,(H,24,27). The van der Waals surface area contributed by atoms with E-state index in [0.717, 1.165) is 22.6 Å². The summed E-state index contributed by atoms with van der Waals surface area (Å²) in [4.78, 5) is 16.1. The molecule has 0 aliphatic heterocycles. The number of amides is 1. The van der Waals surface area contributed by atoms with E-state index < -0.39 is 0 Å². The molecule has 0 aliphatic carbocycles. The van der Waals surface area contributed by atoms with E-state index in [1.807, 2.05) is 54.2 Å². The molecule has 3 aromatic rings. The summed E-state index contributed by atoms with van der Waals surface area (Å²) in [6, 6.07) is 11.4. The number of anilines is 1. The summed E-state index contributed by atoms with van der Waals surface area (Å²) >= 11 is 0. The number of hydrogen-bond donors (Lipinski definition) is 2. The number of carbonyl (C=O) groups is 1. The maximum Gasteiger partial charge on any atom is 0.251 e. The predicted octanol–water partition coefficient (Wildman–Crippen LogP) is 3.57. The third-order valence-electron chi connectivity index (χ3n) is 4.23. The number of nitrogens with one attached hydrogen (secondary N) is 2. The number of aromatic nitrogens is 3. The molecule has 6 heteroatoms. The van der Waals surface area contributed by atoms with Crippen LogP contribution >= 0.6 is 0 Å². The number of aryl methyl sites for hydroxylation is 1. The molecule has 2 N–H and O–H groups in total. The van der Waals surface area contributed by atoms with E-state index in [-0.39, 0.29) is 5.91 Å². The zero-order chi connectivity index (χ0) is 19.2. The van der Waals surface area contributed by atoms with Gasteiger partial charge in [-0.1, -0.05) is 13.8 Å².